The summed E-state index contributed by atoms with van der Waals surface area (Å²) in [5.41, 5.74) is 5.84. The average Bonchev–Trinajstić information content (AvgIpc) is 2.22. The van der Waals surface area contributed by atoms with Crippen molar-refractivity contribution in [3.05, 3.63) is 0 Å². The van der Waals surface area contributed by atoms with Gasteiger partial charge in [-0.25, -0.2) is 0 Å². The zero-order chi connectivity index (χ0) is 11.0. The molecule has 0 aliphatic rings. The molecule has 0 spiro atoms. The molecule has 0 saturated heterocycles. The Bertz CT molecular complexity index is 159. The van der Waals surface area contributed by atoms with Crippen LogP contribution in [0, 0.1) is 0 Å². The van der Waals surface area contributed by atoms with E-state index >= 15 is 0 Å². The van der Waals surface area contributed by atoms with Gasteiger partial charge in [0, 0.05) is 25.6 Å². The standard InChI is InChI=1S/C11H24N2O/c1-4-7-8-13(11(14)6-3)9-10(12)5-2/h10H,4-9,12H2,1-3H3. The van der Waals surface area contributed by atoms with Gasteiger partial charge in [-0.3, -0.25) is 4.79 Å². The summed E-state index contributed by atoms with van der Waals surface area (Å²) in [5.74, 6) is 0.224. The summed E-state index contributed by atoms with van der Waals surface area (Å²) < 4.78 is 0. The van der Waals surface area contributed by atoms with Gasteiger partial charge in [0.25, 0.3) is 0 Å². The number of hydrogen-bond acceptors (Lipinski definition) is 2. The molecule has 0 rings (SSSR count). The summed E-state index contributed by atoms with van der Waals surface area (Å²) in [5, 5.41) is 0. The maximum absolute atomic E-state index is 11.5. The molecule has 0 aliphatic heterocycles. The van der Waals surface area contributed by atoms with Crippen LogP contribution in [0.1, 0.15) is 46.5 Å². The molecular weight excluding hydrogens is 176 g/mol. The molecule has 1 unspecified atom stereocenters. The average molecular weight is 200 g/mol. The minimum absolute atomic E-state index is 0.127. The second-order valence-electron chi connectivity index (χ2n) is 3.72. The lowest BCUT2D eigenvalue weighted by molar-refractivity contribution is -0.131. The third-order valence-corrected chi connectivity index (χ3v) is 2.42. The van der Waals surface area contributed by atoms with Crippen LogP contribution >= 0.6 is 0 Å². The Morgan fingerprint density at radius 2 is 2.00 bits per heavy atom. The first-order valence-corrected chi connectivity index (χ1v) is 5.68. The lowest BCUT2D eigenvalue weighted by Crippen LogP contribution is -2.41. The van der Waals surface area contributed by atoms with E-state index in [9.17, 15) is 4.79 Å². The molecule has 0 saturated carbocycles. The van der Waals surface area contributed by atoms with Gasteiger partial charge < -0.3 is 10.6 Å². The molecule has 0 radical (unpaired) electrons. The minimum Gasteiger partial charge on any atom is -0.341 e. The Morgan fingerprint density at radius 3 is 2.43 bits per heavy atom. The van der Waals surface area contributed by atoms with Crippen molar-refractivity contribution in [1.82, 2.24) is 4.90 Å². The van der Waals surface area contributed by atoms with Crippen LogP contribution in [0.15, 0.2) is 0 Å². The first-order chi connectivity index (χ1) is 6.65. The summed E-state index contributed by atoms with van der Waals surface area (Å²) in [7, 11) is 0. The first kappa shape index (κ1) is 13.4. The van der Waals surface area contributed by atoms with Crippen LogP contribution in [-0.4, -0.2) is 29.9 Å². The second kappa shape index (κ2) is 7.80. The summed E-state index contributed by atoms with van der Waals surface area (Å²) in [6, 6.07) is 0.127. The monoisotopic (exact) mass is 200 g/mol. The van der Waals surface area contributed by atoms with Crippen LogP contribution in [0.5, 0.6) is 0 Å². The fourth-order valence-corrected chi connectivity index (χ4v) is 1.30. The highest BCUT2D eigenvalue weighted by Crippen LogP contribution is 2.01. The molecule has 1 amide bonds. The molecule has 3 heteroatoms. The molecule has 14 heavy (non-hydrogen) atoms. The van der Waals surface area contributed by atoms with Crippen molar-refractivity contribution in [1.29, 1.82) is 0 Å². The lowest BCUT2D eigenvalue weighted by atomic mass is 10.2. The summed E-state index contributed by atoms with van der Waals surface area (Å²) in [6.45, 7) is 7.66. The van der Waals surface area contributed by atoms with E-state index in [0.717, 1.165) is 25.8 Å². The molecule has 0 aromatic rings. The van der Waals surface area contributed by atoms with E-state index < -0.39 is 0 Å². The SMILES string of the molecule is CCCCN(CC(N)CC)C(=O)CC. The third-order valence-electron chi connectivity index (χ3n) is 2.42. The summed E-state index contributed by atoms with van der Waals surface area (Å²) in [4.78, 5) is 13.4. The second-order valence-corrected chi connectivity index (χ2v) is 3.72. The highest BCUT2D eigenvalue weighted by Gasteiger charge is 2.13. The zero-order valence-corrected chi connectivity index (χ0v) is 9.75. The highest BCUT2D eigenvalue weighted by molar-refractivity contribution is 5.75. The van der Waals surface area contributed by atoms with Crippen molar-refractivity contribution >= 4 is 5.91 Å². The number of amides is 1. The van der Waals surface area contributed by atoms with Crippen LogP contribution < -0.4 is 5.73 Å². The van der Waals surface area contributed by atoms with E-state index in [-0.39, 0.29) is 11.9 Å². The van der Waals surface area contributed by atoms with E-state index in [1.54, 1.807) is 0 Å². The molecular formula is C11H24N2O. The predicted octanol–water partition coefficient (Wildman–Crippen LogP) is 1.76. The van der Waals surface area contributed by atoms with E-state index in [0.29, 0.717) is 13.0 Å². The van der Waals surface area contributed by atoms with Gasteiger partial charge in [0.15, 0.2) is 0 Å². The molecule has 0 bridgehead atoms. The smallest absolute Gasteiger partial charge is 0.222 e. The molecule has 0 aromatic carbocycles. The Labute approximate surface area is 87.6 Å². The van der Waals surface area contributed by atoms with Crippen LogP contribution in [0.3, 0.4) is 0 Å². The van der Waals surface area contributed by atoms with Crippen LogP contribution in [0.4, 0.5) is 0 Å². The summed E-state index contributed by atoms with van der Waals surface area (Å²) in [6.07, 6.45) is 3.71. The molecule has 84 valence electrons. The van der Waals surface area contributed by atoms with Gasteiger partial charge in [-0.1, -0.05) is 27.2 Å². The largest absolute Gasteiger partial charge is 0.341 e. The van der Waals surface area contributed by atoms with E-state index in [1.165, 1.54) is 0 Å². The van der Waals surface area contributed by atoms with Crippen molar-refractivity contribution in [3.63, 3.8) is 0 Å². The van der Waals surface area contributed by atoms with Crippen LogP contribution in [0.25, 0.3) is 0 Å². The maximum Gasteiger partial charge on any atom is 0.222 e. The normalized spacial score (nSPS) is 12.6. The minimum atomic E-state index is 0.127. The van der Waals surface area contributed by atoms with Crippen molar-refractivity contribution in [2.24, 2.45) is 5.73 Å². The molecule has 2 N–H and O–H groups in total. The first-order valence-electron chi connectivity index (χ1n) is 5.68. The van der Waals surface area contributed by atoms with Gasteiger partial charge in [-0.15, -0.1) is 0 Å². The third kappa shape index (κ3) is 5.22. The Morgan fingerprint density at radius 1 is 1.36 bits per heavy atom. The van der Waals surface area contributed by atoms with Crippen molar-refractivity contribution in [3.8, 4) is 0 Å². The number of carbonyl (C=O) groups excluding carboxylic acids is 1. The fraction of sp³-hybridized carbons (Fsp3) is 0.909. The lowest BCUT2D eigenvalue weighted by Gasteiger charge is -2.24. The van der Waals surface area contributed by atoms with Gasteiger partial charge in [-0.05, 0) is 12.8 Å². The number of carbonyl (C=O) groups is 1. The van der Waals surface area contributed by atoms with Gasteiger partial charge in [0.2, 0.25) is 5.91 Å². The van der Waals surface area contributed by atoms with Gasteiger partial charge in [-0.2, -0.15) is 0 Å². The fourth-order valence-electron chi connectivity index (χ4n) is 1.30. The molecule has 3 nitrogen and oxygen atoms in total. The number of nitrogens with zero attached hydrogens (tertiary/aromatic N) is 1. The topological polar surface area (TPSA) is 46.3 Å². The van der Waals surface area contributed by atoms with E-state index in [2.05, 4.69) is 13.8 Å². The number of unbranched alkanes of at least 4 members (excludes halogenated alkanes) is 1. The van der Waals surface area contributed by atoms with Crippen molar-refractivity contribution < 1.29 is 4.79 Å². The van der Waals surface area contributed by atoms with E-state index in [1.807, 2.05) is 11.8 Å². The van der Waals surface area contributed by atoms with Crippen LogP contribution in [0.2, 0.25) is 0 Å². The van der Waals surface area contributed by atoms with E-state index in [4.69, 9.17) is 5.73 Å². The summed E-state index contributed by atoms with van der Waals surface area (Å²) >= 11 is 0. The molecule has 1 atom stereocenters. The number of nitrogens with two attached hydrogens (primary N) is 1. The van der Waals surface area contributed by atoms with Crippen molar-refractivity contribution in [2.75, 3.05) is 13.1 Å². The molecule has 0 aliphatic carbocycles. The highest BCUT2D eigenvalue weighted by atomic mass is 16.2. The van der Waals surface area contributed by atoms with Gasteiger partial charge >= 0.3 is 0 Å². The quantitative estimate of drug-likeness (QED) is 0.680. The Kier molecular flexibility index (Phi) is 7.48. The molecule has 0 aromatic heterocycles. The molecule has 0 heterocycles. The Balaban J connectivity index is 4.03. The molecule has 0 fully saturated rings. The van der Waals surface area contributed by atoms with Gasteiger partial charge in [0.1, 0.15) is 0 Å². The predicted molar refractivity (Wildman–Crippen MR) is 60.0 cm³/mol. The van der Waals surface area contributed by atoms with Gasteiger partial charge in [0.05, 0.1) is 0 Å². The zero-order valence-electron chi connectivity index (χ0n) is 9.75. The maximum atomic E-state index is 11.5. The number of rotatable bonds is 7. The Hall–Kier alpha value is -0.570. The van der Waals surface area contributed by atoms with Crippen LogP contribution in [-0.2, 0) is 4.79 Å². The number of hydrogen-bond donors (Lipinski definition) is 1. The van der Waals surface area contributed by atoms with Crippen molar-refractivity contribution in [2.45, 2.75) is 52.5 Å².